The largest absolute Gasteiger partial charge is 0.449 e. The van der Waals surface area contributed by atoms with Crippen molar-refractivity contribution in [2.75, 3.05) is 19.3 Å². The molecule has 122 valence electrons. The first kappa shape index (κ1) is 17.1. The Balaban J connectivity index is 1.89. The number of benzene rings is 1. The van der Waals surface area contributed by atoms with Gasteiger partial charge in [-0.1, -0.05) is 12.1 Å². The third kappa shape index (κ3) is 4.59. The highest BCUT2D eigenvalue weighted by Gasteiger charge is 2.31. The van der Waals surface area contributed by atoms with Gasteiger partial charge in [-0.25, -0.2) is 9.59 Å². The van der Waals surface area contributed by atoms with Gasteiger partial charge in [0.05, 0.1) is 0 Å². The van der Waals surface area contributed by atoms with Crippen LogP contribution in [0.2, 0.25) is 0 Å². The Morgan fingerprint density at radius 1 is 1.35 bits per heavy atom. The van der Waals surface area contributed by atoms with E-state index < -0.39 is 24.0 Å². The average molecular weight is 334 g/mol. The molecule has 1 heterocycles. The van der Waals surface area contributed by atoms with E-state index in [-0.39, 0.29) is 6.54 Å². The van der Waals surface area contributed by atoms with Crippen LogP contribution in [0.3, 0.4) is 0 Å². The molecule has 0 radical (unpaired) electrons. The second-order valence-electron chi connectivity index (χ2n) is 4.91. The zero-order chi connectivity index (χ0) is 16.8. The van der Waals surface area contributed by atoms with Gasteiger partial charge in [-0.15, -0.1) is 11.8 Å². The van der Waals surface area contributed by atoms with Gasteiger partial charge in [0.2, 0.25) is 0 Å². The van der Waals surface area contributed by atoms with E-state index in [1.165, 1.54) is 13.0 Å². The number of nitrogens with zero attached hydrogens (tertiary/aromatic N) is 1. The number of thioether (sulfide) groups is 1. The summed E-state index contributed by atoms with van der Waals surface area (Å²) >= 11 is 1.64. The van der Waals surface area contributed by atoms with Crippen LogP contribution >= 0.6 is 11.8 Å². The molecular formula is C16H18N2O4S. The molecule has 1 aliphatic heterocycles. The lowest BCUT2D eigenvalue weighted by Gasteiger charge is -2.17. The summed E-state index contributed by atoms with van der Waals surface area (Å²) in [6, 6.07) is 7.22. The molecule has 1 aromatic rings. The van der Waals surface area contributed by atoms with E-state index in [0.29, 0.717) is 6.54 Å². The van der Waals surface area contributed by atoms with E-state index in [2.05, 4.69) is 5.32 Å². The number of hydrogen-bond donors (Lipinski definition) is 1. The fourth-order valence-corrected chi connectivity index (χ4v) is 2.45. The Morgan fingerprint density at radius 3 is 2.61 bits per heavy atom. The third-order valence-corrected chi connectivity index (χ3v) is 4.03. The maximum absolute atomic E-state index is 12.0. The number of carbonyl (C=O) groups is 3. The minimum atomic E-state index is -1.00. The normalized spacial score (nSPS) is 15.6. The summed E-state index contributed by atoms with van der Waals surface area (Å²) in [4.78, 5) is 37.3. The smallest absolute Gasteiger partial charge is 0.331 e. The summed E-state index contributed by atoms with van der Waals surface area (Å²) in [5.41, 5.74) is 0.859. The molecule has 1 N–H and O–H groups in total. The molecule has 1 aliphatic rings. The summed E-state index contributed by atoms with van der Waals surface area (Å²) in [6.45, 7) is 2.15. The van der Waals surface area contributed by atoms with Gasteiger partial charge in [0.25, 0.3) is 5.91 Å². The molecule has 0 unspecified atom stereocenters. The monoisotopic (exact) mass is 334 g/mol. The molecule has 1 aromatic carbocycles. The summed E-state index contributed by atoms with van der Waals surface area (Å²) in [5, 5.41) is 2.52. The van der Waals surface area contributed by atoms with Crippen molar-refractivity contribution in [3.8, 4) is 0 Å². The number of amides is 3. The topological polar surface area (TPSA) is 75.7 Å². The van der Waals surface area contributed by atoms with Gasteiger partial charge >= 0.3 is 12.0 Å². The van der Waals surface area contributed by atoms with Crippen LogP contribution in [-0.4, -0.2) is 48.3 Å². The Labute approximate surface area is 138 Å². The van der Waals surface area contributed by atoms with Crippen molar-refractivity contribution in [3.63, 3.8) is 0 Å². The molecule has 1 atom stereocenters. The molecule has 2 rings (SSSR count). The highest BCUT2D eigenvalue weighted by Crippen LogP contribution is 2.15. The van der Waals surface area contributed by atoms with Crippen LogP contribution in [0.15, 0.2) is 35.2 Å². The molecule has 0 spiro atoms. The first-order chi connectivity index (χ1) is 11.0. The Bertz CT molecular complexity index is 627. The lowest BCUT2D eigenvalue weighted by atomic mass is 10.2. The van der Waals surface area contributed by atoms with Crippen LogP contribution in [0, 0.1) is 0 Å². The van der Waals surface area contributed by atoms with Crippen molar-refractivity contribution in [2.45, 2.75) is 17.9 Å². The van der Waals surface area contributed by atoms with Gasteiger partial charge < -0.3 is 10.1 Å². The summed E-state index contributed by atoms with van der Waals surface area (Å²) < 4.78 is 5.04. The zero-order valence-electron chi connectivity index (χ0n) is 12.9. The van der Waals surface area contributed by atoms with E-state index in [0.717, 1.165) is 15.4 Å². The van der Waals surface area contributed by atoms with Crippen LogP contribution in [0.25, 0.3) is 6.08 Å². The Morgan fingerprint density at radius 2 is 2.04 bits per heavy atom. The second-order valence-corrected chi connectivity index (χ2v) is 5.79. The highest BCUT2D eigenvalue weighted by atomic mass is 32.2. The molecule has 0 aromatic heterocycles. The minimum absolute atomic E-state index is 0.289. The van der Waals surface area contributed by atoms with Crippen LogP contribution in [0.1, 0.15) is 12.5 Å². The molecular weight excluding hydrogens is 316 g/mol. The van der Waals surface area contributed by atoms with E-state index >= 15 is 0 Å². The first-order valence-electron chi connectivity index (χ1n) is 7.13. The van der Waals surface area contributed by atoms with Gasteiger partial charge in [0.1, 0.15) is 0 Å². The van der Waals surface area contributed by atoms with E-state index in [9.17, 15) is 14.4 Å². The van der Waals surface area contributed by atoms with Gasteiger partial charge in [0.15, 0.2) is 6.10 Å². The molecule has 1 fully saturated rings. The van der Waals surface area contributed by atoms with Crippen LogP contribution < -0.4 is 5.32 Å². The summed E-state index contributed by atoms with van der Waals surface area (Å²) in [6.07, 6.45) is 3.87. The number of esters is 1. The van der Waals surface area contributed by atoms with Gasteiger partial charge in [-0.05, 0) is 37.0 Å². The van der Waals surface area contributed by atoms with Crippen LogP contribution in [-0.2, 0) is 14.3 Å². The number of rotatable bonds is 5. The van der Waals surface area contributed by atoms with Crippen molar-refractivity contribution in [1.82, 2.24) is 10.2 Å². The first-order valence-corrected chi connectivity index (χ1v) is 8.35. The predicted octanol–water partition coefficient (Wildman–Crippen LogP) is 1.91. The standard InChI is InChI=1S/C16H18N2O4S/c1-11(15(20)18-10-9-17-16(18)21)22-14(19)8-5-12-3-6-13(23-2)7-4-12/h3-8,11H,9-10H2,1-2H3,(H,17,21)/b8-5+/t11-/m1/s1. The van der Waals surface area contributed by atoms with Gasteiger partial charge in [-0.2, -0.15) is 0 Å². The van der Waals surface area contributed by atoms with Crippen LogP contribution in [0.4, 0.5) is 4.79 Å². The van der Waals surface area contributed by atoms with E-state index in [1.54, 1.807) is 17.8 Å². The molecule has 0 saturated carbocycles. The van der Waals surface area contributed by atoms with E-state index in [1.807, 2.05) is 30.5 Å². The molecule has 0 bridgehead atoms. The number of nitrogens with one attached hydrogen (secondary N) is 1. The predicted molar refractivity (Wildman–Crippen MR) is 87.9 cm³/mol. The maximum atomic E-state index is 12.0. The zero-order valence-corrected chi connectivity index (χ0v) is 13.8. The highest BCUT2D eigenvalue weighted by molar-refractivity contribution is 7.98. The fraction of sp³-hybridized carbons (Fsp3) is 0.312. The van der Waals surface area contributed by atoms with Gasteiger partial charge in [-0.3, -0.25) is 9.69 Å². The minimum Gasteiger partial charge on any atom is -0.449 e. The number of imide groups is 1. The third-order valence-electron chi connectivity index (χ3n) is 3.29. The molecule has 23 heavy (non-hydrogen) atoms. The Kier molecular flexibility index (Phi) is 5.81. The van der Waals surface area contributed by atoms with Crippen molar-refractivity contribution in [3.05, 3.63) is 35.9 Å². The van der Waals surface area contributed by atoms with Crippen molar-refractivity contribution in [1.29, 1.82) is 0 Å². The number of urea groups is 1. The molecule has 0 aliphatic carbocycles. The number of carbonyl (C=O) groups excluding carboxylic acids is 3. The van der Waals surface area contributed by atoms with Gasteiger partial charge in [0, 0.05) is 24.1 Å². The SMILES string of the molecule is CSc1ccc(/C=C/C(=O)O[C@H](C)C(=O)N2CCNC2=O)cc1. The van der Waals surface area contributed by atoms with Crippen molar-refractivity contribution < 1.29 is 19.1 Å². The quantitative estimate of drug-likeness (QED) is 0.506. The number of ether oxygens (including phenoxy) is 1. The molecule has 1 saturated heterocycles. The van der Waals surface area contributed by atoms with E-state index in [4.69, 9.17) is 4.74 Å². The van der Waals surface area contributed by atoms with Crippen molar-refractivity contribution >= 4 is 35.7 Å². The lowest BCUT2D eigenvalue weighted by Crippen LogP contribution is -2.41. The average Bonchev–Trinajstić information content (AvgIpc) is 2.98. The van der Waals surface area contributed by atoms with Crippen LogP contribution in [0.5, 0.6) is 0 Å². The fourth-order valence-electron chi connectivity index (χ4n) is 2.04. The summed E-state index contributed by atoms with van der Waals surface area (Å²) in [5.74, 6) is -1.15. The Hall–Kier alpha value is -2.28. The molecule has 6 nitrogen and oxygen atoms in total. The van der Waals surface area contributed by atoms with Crippen molar-refractivity contribution in [2.24, 2.45) is 0 Å². The maximum Gasteiger partial charge on any atom is 0.331 e. The second kappa shape index (κ2) is 7.82. The summed E-state index contributed by atoms with van der Waals surface area (Å²) in [7, 11) is 0. The lowest BCUT2D eigenvalue weighted by molar-refractivity contribution is -0.153. The molecule has 3 amide bonds. The molecule has 7 heteroatoms. The number of hydrogen-bond acceptors (Lipinski definition) is 5.